The van der Waals surface area contributed by atoms with Crippen molar-refractivity contribution in [3.63, 3.8) is 0 Å². The third kappa shape index (κ3) is 2.49. The van der Waals surface area contributed by atoms with Crippen LogP contribution in [0.25, 0.3) is 11.0 Å². The lowest BCUT2D eigenvalue weighted by Gasteiger charge is -2.17. The molecule has 3 heterocycles. The molecule has 23 heavy (non-hydrogen) atoms. The average molecular weight is 316 g/mol. The molecule has 120 valence electrons. The van der Waals surface area contributed by atoms with Crippen LogP contribution in [0.2, 0.25) is 0 Å². The van der Waals surface area contributed by atoms with E-state index in [1.54, 1.807) is 0 Å². The van der Waals surface area contributed by atoms with Gasteiger partial charge in [-0.15, -0.1) is 0 Å². The summed E-state index contributed by atoms with van der Waals surface area (Å²) in [6, 6.07) is 0.232. The van der Waals surface area contributed by atoms with Gasteiger partial charge in [0.15, 0.2) is 5.75 Å². The largest absolute Gasteiger partial charge is 0.511 e. The van der Waals surface area contributed by atoms with Crippen LogP contribution in [-0.4, -0.2) is 38.9 Å². The number of carboxylic acid groups (broad SMARTS) is 1. The van der Waals surface area contributed by atoms with E-state index in [1.165, 1.54) is 12.4 Å². The number of hydrogen-bond donors (Lipinski definition) is 1. The van der Waals surface area contributed by atoms with Crippen LogP contribution >= 0.6 is 0 Å². The molecule has 8 nitrogen and oxygen atoms in total. The van der Waals surface area contributed by atoms with Gasteiger partial charge in [-0.25, -0.2) is 9.78 Å². The summed E-state index contributed by atoms with van der Waals surface area (Å²) in [5.41, 5.74) is 0.0550. The van der Waals surface area contributed by atoms with Crippen LogP contribution in [0, 0.1) is 0 Å². The molecule has 1 saturated carbocycles. The quantitative estimate of drug-likeness (QED) is 0.862. The van der Waals surface area contributed by atoms with Gasteiger partial charge in [0.2, 0.25) is 11.4 Å². The molecule has 0 aromatic carbocycles. The summed E-state index contributed by atoms with van der Waals surface area (Å²) in [4.78, 5) is 34.1. The maximum Gasteiger partial charge on any atom is 0.511 e. The fourth-order valence-electron chi connectivity index (χ4n) is 2.97. The Hall–Kier alpha value is -2.64. The molecule has 2 aromatic rings. The number of fused-ring (bicyclic) bond motifs is 1. The first-order valence-electron chi connectivity index (χ1n) is 7.71. The molecule has 0 unspecified atom stereocenters. The highest BCUT2D eigenvalue weighted by molar-refractivity contribution is 5.78. The van der Waals surface area contributed by atoms with E-state index < -0.39 is 11.6 Å². The van der Waals surface area contributed by atoms with Crippen LogP contribution in [0.1, 0.15) is 31.7 Å². The van der Waals surface area contributed by atoms with E-state index in [4.69, 9.17) is 5.11 Å². The van der Waals surface area contributed by atoms with Crippen LogP contribution in [0.3, 0.4) is 0 Å². The van der Waals surface area contributed by atoms with E-state index in [1.807, 2.05) is 4.57 Å². The van der Waals surface area contributed by atoms with Gasteiger partial charge in [0.25, 0.3) is 0 Å². The van der Waals surface area contributed by atoms with Crippen molar-refractivity contribution in [1.29, 1.82) is 0 Å². The molecule has 0 atom stereocenters. The molecule has 1 aliphatic heterocycles. The number of rotatable bonds is 3. The summed E-state index contributed by atoms with van der Waals surface area (Å²) in [6.45, 7) is 1.83. The third-order valence-electron chi connectivity index (χ3n) is 4.25. The lowest BCUT2D eigenvalue weighted by atomic mass is 10.3. The Kier molecular flexibility index (Phi) is 3.17. The molecule has 2 aliphatic rings. The highest BCUT2D eigenvalue weighted by atomic mass is 16.7. The maximum absolute atomic E-state index is 12.4. The Balaban J connectivity index is 1.88. The van der Waals surface area contributed by atoms with Gasteiger partial charge in [-0.1, -0.05) is 0 Å². The van der Waals surface area contributed by atoms with Gasteiger partial charge in [-0.3, -0.25) is 4.79 Å². The first-order valence-corrected chi connectivity index (χ1v) is 7.71. The van der Waals surface area contributed by atoms with Crippen molar-refractivity contribution in [3.8, 4) is 5.75 Å². The third-order valence-corrected chi connectivity index (χ3v) is 4.25. The minimum absolute atomic E-state index is 0.200. The Morgan fingerprint density at radius 2 is 2.04 bits per heavy atom. The molecule has 1 aliphatic carbocycles. The summed E-state index contributed by atoms with van der Waals surface area (Å²) < 4.78 is 6.46. The smallest absolute Gasteiger partial charge is 0.449 e. The van der Waals surface area contributed by atoms with Crippen molar-refractivity contribution in [3.05, 3.63) is 22.6 Å². The van der Waals surface area contributed by atoms with Crippen molar-refractivity contribution >= 4 is 23.1 Å². The highest BCUT2D eigenvalue weighted by Crippen LogP contribution is 2.37. The summed E-state index contributed by atoms with van der Waals surface area (Å²) in [5.74, 6) is 0.421. The highest BCUT2D eigenvalue weighted by Gasteiger charge is 2.28. The lowest BCUT2D eigenvalue weighted by molar-refractivity contribution is 0.143. The monoisotopic (exact) mass is 316 g/mol. The second kappa shape index (κ2) is 5.22. The van der Waals surface area contributed by atoms with Crippen molar-refractivity contribution in [1.82, 2.24) is 14.5 Å². The van der Waals surface area contributed by atoms with E-state index >= 15 is 0 Å². The molecule has 1 N–H and O–H groups in total. The minimum atomic E-state index is -1.50. The zero-order chi connectivity index (χ0) is 16.0. The maximum atomic E-state index is 12.4. The topological polar surface area (TPSA) is 97.5 Å². The van der Waals surface area contributed by atoms with Crippen LogP contribution in [-0.2, 0) is 0 Å². The number of hydrogen-bond acceptors (Lipinski definition) is 6. The van der Waals surface area contributed by atoms with Crippen LogP contribution in [0.4, 0.5) is 10.7 Å². The minimum Gasteiger partial charge on any atom is -0.449 e. The predicted octanol–water partition coefficient (Wildman–Crippen LogP) is 1.78. The van der Waals surface area contributed by atoms with Gasteiger partial charge in [0.1, 0.15) is 5.65 Å². The van der Waals surface area contributed by atoms with Crippen molar-refractivity contribution in [2.45, 2.75) is 31.7 Å². The Labute approximate surface area is 131 Å². The number of pyridine rings is 1. The van der Waals surface area contributed by atoms with E-state index in [0.29, 0.717) is 17.0 Å². The first-order chi connectivity index (χ1) is 11.1. The number of carbonyl (C=O) groups is 1. The molecule has 0 amide bonds. The first kappa shape index (κ1) is 14.0. The van der Waals surface area contributed by atoms with E-state index in [2.05, 4.69) is 19.6 Å². The molecule has 2 aromatic heterocycles. The van der Waals surface area contributed by atoms with Crippen LogP contribution in [0.5, 0.6) is 5.75 Å². The van der Waals surface area contributed by atoms with Crippen molar-refractivity contribution in [2.24, 2.45) is 0 Å². The van der Waals surface area contributed by atoms with Gasteiger partial charge in [-0.05, 0) is 25.7 Å². The van der Waals surface area contributed by atoms with E-state index in [-0.39, 0.29) is 11.8 Å². The van der Waals surface area contributed by atoms with Crippen LogP contribution < -0.4 is 15.1 Å². The number of anilines is 1. The van der Waals surface area contributed by atoms with Gasteiger partial charge in [-0.2, -0.15) is 4.98 Å². The van der Waals surface area contributed by atoms with Crippen LogP contribution in [0.15, 0.2) is 17.2 Å². The number of nitrogens with zero attached hydrogens (tertiary/aromatic N) is 4. The molecular weight excluding hydrogens is 300 g/mol. The summed E-state index contributed by atoms with van der Waals surface area (Å²) in [6.07, 6.45) is 5.62. The average Bonchev–Trinajstić information content (AvgIpc) is 3.22. The molecule has 2 fully saturated rings. The summed E-state index contributed by atoms with van der Waals surface area (Å²) in [5, 5.41) is 9.08. The standard InChI is InChI=1S/C15H16N4O4/c20-12-10-7-16-14(18-5-1-2-6-18)17-13(10)19(9-3-4-9)8-11(12)23-15(21)22/h7-9H,1-6H2,(H,21,22). The molecule has 1 saturated heterocycles. The number of aromatic nitrogens is 3. The Morgan fingerprint density at radius 1 is 1.30 bits per heavy atom. The second-order valence-electron chi connectivity index (χ2n) is 5.93. The van der Waals surface area contributed by atoms with Gasteiger partial charge < -0.3 is 19.3 Å². The van der Waals surface area contributed by atoms with Gasteiger partial charge >= 0.3 is 6.16 Å². The molecule has 8 heteroatoms. The van der Waals surface area contributed by atoms with E-state index in [9.17, 15) is 9.59 Å². The van der Waals surface area contributed by atoms with Crippen molar-refractivity contribution < 1.29 is 14.6 Å². The number of ether oxygens (including phenoxy) is 1. The molecule has 4 rings (SSSR count). The normalized spacial score (nSPS) is 17.7. The zero-order valence-electron chi connectivity index (χ0n) is 12.4. The summed E-state index contributed by atoms with van der Waals surface area (Å²) >= 11 is 0. The van der Waals surface area contributed by atoms with E-state index in [0.717, 1.165) is 38.8 Å². The lowest BCUT2D eigenvalue weighted by Crippen LogP contribution is -2.22. The van der Waals surface area contributed by atoms with Gasteiger partial charge in [0.05, 0.1) is 11.6 Å². The van der Waals surface area contributed by atoms with Gasteiger partial charge in [0, 0.05) is 25.3 Å². The predicted molar refractivity (Wildman–Crippen MR) is 82.2 cm³/mol. The summed E-state index contributed by atoms with van der Waals surface area (Å²) in [7, 11) is 0. The Bertz CT molecular complexity index is 837. The molecule has 0 bridgehead atoms. The Morgan fingerprint density at radius 3 is 2.70 bits per heavy atom. The fraction of sp³-hybridized carbons (Fsp3) is 0.467. The SMILES string of the molecule is O=C(O)Oc1cn(C2CC2)c2nc(N3CCCC3)ncc2c1=O. The molecular formula is C15H16N4O4. The second-order valence-corrected chi connectivity index (χ2v) is 5.93. The van der Waals surface area contributed by atoms with Crippen molar-refractivity contribution in [2.75, 3.05) is 18.0 Å². The zero-order valence-corrected chi connectivity index (χ0v) is 12.4. The fourth-order valence-corrected chi connectivity index (χ4v) is 2.97. The molecule has 0 radical (unpaired) electrons. The molecule has 0 spiro atoms.